The lowest BCUT2D eigenvalue weighted by Gasteiger charge is -2.30. The van der Waals surface area contributed by atoms with Crippen LogP contribution in [0, 0.1) is 6.92 Å². The molecule has 1 aromatic heterocycles. The highest BCUT2D eigenvalue weighted by atomic mass is 35.5. The number of halogens is 1. The van der Waals surface area contributed by atoms with Crippen molar-refractivity contribution in [3.8, 4) is 11.5 Å². The van der Waals surface area contributed by atoms with Gasteiger partial charge in [-0.05, 0) is 42.2 Å². The Hall–Kier alpha value is -3.06. The van der Waals surface area contributed by atoms with E-state index < -0.39 is 0 Å². The third-order valence-electron chi connectivity index (χ3n) is 5.10. The number of carbonyl (C=O) groups excluding carboxylic acids is 2. The van der Waals surface area contributed by atoms with Crippen molar-refractivity contribution in [3.05, 3.63) is 58.3 Å². The van der Waals surface area contributed by atoms with Gasteiger partial charge in [-0.15, -0.1) is 0 Å². The molecular weight excluding hydrogens is 394 g/mol. The molecule has 0 bridgehead atoms. The van der Waals surface area contributed by atoms with Crippen LogP contribution in [0.1, 0.15) is 27.0 Å². The Labute approximate surface area is 174 Å². The molecule has 3 rings (SSSR count). The number of phenols is 1. The maximum atomic E-state index is 13.1. The molecule has 0 unspecified atom stereocenters. The molecule has 0 radical (unpaired) electrons. The lowest BCUT2D eigenvalue weighted by molar-refractivity contribution is -0.113. The quantitative estimate of drug-likeness (QED) is 0.776. The van der Waals surface area contributed by atoms with Crippen LogP contribution in [0.4, 0.5) is 5.82 Å². The molecule has 7 nitrogen and oxygen atoms in total. The second kappa shape index (κ2) is 8.13. The minimum absolute atomic E-state index is 0.160. The number of aromatic nitrogens is 1. The molecule has 0 aliphatic carbocycles. The van der Waals surface area contributed by atoms with E-state index in [4.69, 9.17) is 16.3 Å². The number of phenolic OH excluding ortho intramolecular Hbond substituents is 1. The standard InChI is InChI=1S/C21H22ClN3O4/c1-5-18(27)24(3)17-8-14-11-25(7-6-13(14)10-23-17)21(28)19-12(2)20(22)16(29-4)9-15(19)26/h5,8-10,26H,1,6-7,11H2,2-4H3. The molecule has 0 atom stereocenters. The van der Waals surface area contributed by atoms with Gasteiger partial charge in [-0.1, -0.05) is 18.2 Å². The summed E-state index contributed by atoms with van der Waals surface area (Å²) in [5, 5.41) is 10.7. The van der Waals surface area contributed by atoms with Crippen molar-refractivity contribution in [2.75, 3.05) is 25.6 Å². The first-order chi connectivity index (χ1) is 13.8. The average molecular weight is 416 g/mol. The highest BCUT2D eigenvalue weighted by Gasteiger charge is 2.28. The van der Waals surface area contributed by atoms with E-state index in [0.717, 1.165) is 11.1 Å². The van der Waals surface area contributed by atoms with Crippen molar-refractivity contribution in [1.82, 2.24) is 9.88 Å². The zero-order valence-corrected chi connectivity index (χ0v) is 17.3. The maximum Gasteiger partial charge on any atom is 0.258 e. The summed E-state index contributed by atoms with van der Waals surface area (Å²) in [6, 6.07) is 3.14. The average Bonchev–Trinajstić information content (AvgIpc) is 2.74. The first-order valence-electron chi connectivity index (χ1n) is 9.01. The fourth-order valence-electron chi connectivity index (χ4n) is 3.35. The second-order valence-corrected chi connectivity index (χ2v) is 7.18. The Morgan fingerprint density at radius 3 is 2.76 bits per heavy atom. The van der Waals surface area contributed by atoms with Gasteiger partial charge >= 0.3 is 0 Å². The van der Waals surface area contributed by atoms with Crippen LogP contribution in [0.5, 0.6) is 11.5 Å². The van der Waals surface area contributed by atoms with Crippen molar-refractivity contribution in [2.45, 2.75) is 19.9 Å². The smallest absolute Gasteiger partial charge is 0.258 e. The van der Waals surface area contributed by atoms with E-state index in [2.05, 4.69) is 11.6 Å². The number of carbonyl (C=O) groups is 2. The molecule has 0 spiro atoms. The van der Waals surface area contributed by atoms with E-state index in [1.807, 2.05) is 0 Å². The van der Waals surface area contributed by atoms with Crippen molar-refractivity contribution in [1.29, 1.82) is 0 Å². The van der Waals surface area contributed by atoms with Crippen LogP contribution in [0.15, 0.2) is 31.0 Å². The normalized spacial score (nSPS) is 12.9. The summed E-state index contributed by atoms with van der Waals surface area (Å²) in [5.74, 6) is 0.0345. The van der Waals surface area contributed by atoms with E-state index in [1.54, 1.807) is 31.1 Å². The molecule has 8 heteroatoms. The Kier molecular flexibility index (Phi) is 5.79. The summed E-state index contributed by atoms with van der Waals surface area (Å²) in [4.78, 5) is 32.4. The molecule has 152 valence electrons. The Morgan fingerprint density at radius 1 is 1.38 bits per heavy atom. The number of pyridine rings is 1. The summed E-state index contributed by atoms with van der Waals surface area (Å²) in [5.41, 5.74) is 2.54. The number of nitrogens with zero attached hydrogens (tertiary/aromatic N) is 3. The fraction of sp³-hybridized carbons (Fsp3) is 0.286. The van der Waals surface area contributed by atoms with Crippen molar-refractivity contribution in [3.63, 3.8) is 0 Å². The highest BCUT2D eigenvalue weighted by Crippen LogP contribution is 2.37. The largest absolute Gasteiger partial charge is 0.507 e. The Bertz CT molecular complexity index is 1010. The number of aromatic hydroxyl groups is 1. The molecule has 2 amide bonds. The van der Waals surface area contributed by atoms with Crippen LogP contribution < -0.4 is 9.64 Å². The van der Waals surface area contributed by atoms with Gasteiger partial charge < -0.3 is 14.7 Å². The number of rotatable bonds is 4. The Morgan fingerprint density at radius 2 is 2.10 bits per heavy atom. The zero-order valence-electron chi connectivity index (χ0n) is 16.5. The molecule has 0 fully saturated rings. The van der Waals surface area contributed by atoms with Crippen LogP contribution in [-0.4, -0.2) is 47.5 Å². The number of amides is 2. The number of hydrogen-bond acceptors (Lipinski definition) is 5. The van der Waals surface area contributed by atoms with Gasteiger partial charge in [0, 0.05) is 32.4 Å². The predicted molar refractivity (Wildman–Crippen MR) is 111 cm³/mol. The third kappa shape index (κ3) is 3.78. The van der Waals surface area contributed by atoms with E-state index in [9.17, 15) is 14.7 Å². The number of likely N-dealkylation sites (N-methyl/N-ethyl adjacent to an activating group) is 1. The van der Waals surface area contributed by atoms with Crippen LogP contribution in [-0.2, 0) is 17.8 Å². The van der Waals surface area contributed by atoms with E-state index in [-0.39, 0.29) is 23.1 Å². The van der Waals surface area contributed by atoms with Crippen LogP contribution >= 0.6 is 11.6 Å². The van der Waals surface area contributed by atoms with Gasteiger partial charge in [-0.2, -0.15) is 0 Å². The van der Waals surface area contributed by atoms with Gasteiger partial charge in [0.05, 0.1) is 17.7 Å². The van der Waals surface area contributed by atoms with Crippen molar-refractivity contribution < 1.29 is 19.4 Å². The summed E-state index contributed by atoms with van der Waals surface area (Å²) in [6.45, 7) is 5.98. The van der Waals surface area contributed by atoms with E-state index >= 15 is 0 Å². The SMILES string of the molecule is C=CC(=O)N(C)c1cc2c(cn1)CCN(C(=O)c1c(O)cc(OC)c(Cl)c1C)C2. The first-order valence-corrected chi connectivity index (χ1v) is 9.39. The molecular formula is C21H22ClN3O4. The van der Waals surface area contributed by atoms with Crippen molar-refractivity contribution >= 4 is 29.2 Å². The van der Waals surface area contributed by atoms with Gasteiger partial charge in [0.2, 0.25) is 0 Å². The lowest BCUT2D eigenvalue weighted by atomic mass is 9.99. The second-order valence-electron chi connectivity index (χ2n) is 6.80. The zero-order chi connectivity index (χ0) is 21.3. The molecule has 1 aromatic carbocycles. The number of ether oxygens (including phenoxy) is 1. The minimum atomic E-state index is -0.316. The fourth-order valence-corrected chi connectivity index (χ4v) is 3.58. The molecule has 1 aliphatic rings. The predicted octanol–water partition coefficient (Wildman–Crippen LogP) is 3.10. The molecule has 29 heavy (non-hydrogen) atoms. The number of hydrogen-bond donors (Lipinski definition) is 1. The Balaban J connectivity index is 1.91. The highest BCUT2D eigenvalue weighted by molar-refractivity contribution is 6.33. The summed E-state index contributed by atoms with van der Waals surface area (Å²) in [6.07, 6.45) is 3.57. The van der Waals surface area contributed by atoms with E-state index in [1.165, 1.54) is 24.2 Å². The maximum absolute atomic E-state index is 13.1. The molecule has 0 saturated heterocycles. The van der Waals surface area contributed by atoms with Gasteiger partial charge in [0.25, 0.3) is 11.8 Å². The summed E-state index contributed by atoms with van der Waals surface area (Å²) in [7, 11) is 3.06. The van der Waals surface area contributed by atoms with Crippen LogP contribution in [0.25, 0.3) is 0 Å². The molecule has 2 aromatic rings. The van der Waals surface area contributed by atoms with Gasteiger partial charge in [-0.25, -0.2) is 4.98 Å². The summed E-state index contributed by atoms with van der Waals surface area (Å²) < 4.78 is 5.13. The van der Waals surface area contributed by atoms with Crippen molar-refractivity contribution in [2.24, 2.45) is 0 Å². The molecule has 0 saturated carbocycles. The molecule has 1 aliphatic heterocycles. The van der Waals surface area contributed by atoms with Gasteiger partial charge in [0.1, 0.15) is 17.3 Å². The number of fused-ring (bicyclic) bond motifs is 1. The topological polar surface area (TPSA) is 83.0 Å². The summed E-state index contributed by atoms with van der Waals surface area (Å²) >= 11 is 6.27. The van der Waals surface area contributed by atoms with Crippen LogP contribution in [0.3, 0.4) is 0 Å². The lowest BCUT2D eigenvalue weighted by Crippen LogP contribution is -2.36. The minimum Gasteiger partial charge on any atom is -0.507 e. The number of anilines is 1. The van der Waals surface area contributed by atoms with Gasteiger partial charge in [0.15, 0.2) is 0 Å². The molecule has 1 N–H and O–H groups in total. The third-order valence-corrected chi connectivity index (χ3v) is 5.56. The monoisotopic (exact) mass is 415 g/mol. The molecule has 2 heterocycles. The number of benzene rings is 1. The van der Waals surface area contributed by atoms with E-state index in [0.29, 0.717) is 41.7 Å². The van der Waals surface area contributed by atoms with Crippen LogP contribution in [0.2, 0.25) is 5.02 Å². The first kappa shape index (κ1) is 20.7. The van der Waals surface area contributed by atoms with Gasteiger partial charge in [-0.3, -0.25) is 14.5 Å². The number of methoxy groups -OCH3 is 1.